The van der Waals surface area contributed by atoms with Gasteiger partial charge in [0.05, 0.1) is 7.11 Å². The zero-order chi connectivity index (χ0) is 15.9. The first-order valence-electron chi connectivity index (χ1n) is 7.77. The normalized spacial score (nSPS) is 26.9. The van der Waals surface area contributed by atoms with E-state index < -0.39 is 10.0 Å². The van der Waals surface area contributed by atoms with Gasteiger partial charge in [-0.25, -0.2) is 8.42 Å². The summed E-state index contributed by atoms with van der Waals surface area (Å²) < 4.78 is 33.3. The lowest BCUT2D eigenvalue weighted by Crippen LogP contribution is -2.47. The minimum Gasteiger partial charge on any atom is -0.495 e. The lowest BCUT2D eigenvalue weighted by atomic mass is 9.97. The van der Waals surface area contributed by atoms with E-state index in [0.717, 1.165) is 31.5 Å². The Morgan fingerprint density at radius 3 is 2.68 bits per heavy atom. The molecule has 3 aliphatic rings. The Kier molecular flexibility index (Phi) is 4.18. The van der Waals surface area contributed by atoms with Crippen LogP contribution < -0.4 is 4.74 Å². The molecule has 0 spiro atoms. The van der Waals surface area contributed by atoms with Crippen LogP contribution in [-0.4, -0.2) is 57.5 Å². The predicted octanol–water partition coefficient (Wildman–Crippen LogP) is 1.72. The second-order valence-corrected chi connectivity index (χ2v) is 8.41. The van der Waals surface area contributed by atoms with Crippen LogP contribution in [0.3, 0.4) is 0 Å². The summed E-state index contributed by atoms with van der Waals surface area (Å²) in [7, 11) is 0.0837. The van der Waals surface area contributed by atoms with Crippen molar-refractivity contribution >= 4 is 10.0 Å². The highest BCUT2D eigenvalue weighted by Gasteiger charge is 2.41. The van der Waals surface area contributed by atoms with Crippen molar-refractivity contribution in [2.24, 2.45) is 5.92 Å². The van der Waals surface area contributed by atoms with Gasteiger partial charge >= 0.3 is 0 Å². The first-order chi connectivity index (χ1) is 10.4. The summed E-state index contributed by atoms with van der Waals surface area (Å²) in [6.45, 7) is 4.34. The van der Waals surface area contributed by atoms with Crippen molar-refractivity contribution in [1.82, 2.24) is 9.21 Å². The van der Waals surface area contributed by atoms with Crippen LogP contribution in [0, 0.1) is 12.8 Å². The van der Waals surface area contributed by atoms with Crippen LogP contribution in [0.1, 0.15) is 18.4 Å². The number of aryl methyl sites for hydroxylation is 1. The fourth-order valence-electron chi connectivity index (χ4n) is 3.68. The fraction of sp³-hybridized carbons (Fsp3) is 0.625. The molecule has 0 unspecified atom stereocenters. The van der Waals surface area contributed by atoms with Gasteiger partial charge < -0.3 is 9.64 Å². The molecule has 3 heterocycles. The SMILES string of the molecule is COc1cc(C)ccc1S(=O)(=O)N1C[C@H]2CC[C@@H]1CN(C)C2. The molecule has 3 aliphatic heterocycles. The molecule has 1 aromatic rings. The molecule has 22 heavy (non-hydrogen) atoms. The molecule has 122 valence electrons. The maximum absolute atomic E-state index is 13.2. The van der Waals surface area contributed by atoms with Crippen molar-refractivity contribution in [3.8, 4) is 5.75 Å². The molecule has 3 fully saturated rings. The maximum atomic E-state index is 13.2. The van der Waals surface area contributed by atoms with E-state index in [-0.39, 0.29) is 10.9 Å². The highest BCUT2D eigenvalue weighted by molar-refractivity contribution is 7.89. The van der Waals surface area contributed by atoms with Crippen LogP contribution >= 0.6 is 0 Å². The lowest BCUT2D eigenvalue weighted by molar-refractivity contribution is 0.228. The summed E-state index contributed by atoms with van der Waals surface area (Å²) in [6.07, 6.45) is 2.06. The number of benzene rings is 1. The Morgan fingerprint density at radius 2 is 1.95 bits per heavy atom. The van der Waals surface area contributed by atoms with Gasteiger partial charge in [0.15, 0.2) is 0 Å². The number of nitrogens with zero attached hydrogens (tertiary/aromatic N) is 2. The van der Waals surface area contributed by atoms with Crippen LogP contribution in [-0.2, 0) is 10.0 Å². The van der Waals surface area contributed by atoms with Gasteiger partial charge in [0, 0.05) is 25.7 Å². The second kappa shape index (κ2) is 5.83. The molecule has 0 amide bonds. The average molecular weight is 324 g/mol. The summed E-state index contributed by atoms with van der Waals surface area (Å²) in [5.41, 5.74) is 0.993. The van der Waals surface area contributed by atoms with Crippen molar-refractivity contribution in [1.29, 1.82) is 0 Å². The van der Waals surface area contributed by atoms with E-state index in [2.05, 4.69) is 11.9 Å². The molecule has 0 aliphatic carbocycles. The first kappa shape index (κ1) is 15.8. The number of sulfonamides is 1. The largest absolute Gasteiger partial charge is 0.495 e. The molecule has 0 N–H and O–H groups in total. The molecule has 2 bridgehead atoms. The Bertz CT molecular complexity index is 659. The van der Waals surface area contributed by atoms with Gasteiger partial charge in [-0.05, 0) is 50.4 Å². The maximum Gasteiger partial charge on any atom is 0.247 e. The molecule has 4 rings (SSSR count). The minimum atomic E-state index is -3.52. The Hall–Kier alpha value is -1.11. The summed E-state index contributed by atoms with van der Waals surface area (Å²) in [4.78, 5) is 2.54. The predicted molar refractivity (Wildman–Crippen MR) is 85.6 cm³/mol. The number of methoxy groups -OCH3 is 1. The third-order valence-electron chi connectivity index (χ3n) is 4.75. The number of likely N-dealkylation sites (N-methyl/N-ethyl adjacent to an activating group) is 1. The number of fused-ring (bicyclic) bond motifs is 4. The molecule has 3 saturated heterocycles. The fourth-order valence-corrected chi connectivity index (χ4v) is 5.54. The molecule has 6 heteroatoms. The van der Waals surface area contributed by atoms with Crippen molar-refractivity contribution in [2.45, 2.75) is 30.7 Å². The molecule has 0 aromatic heterocycles. The number of ether oxygens (including phenoxy) is 1. The number of rotatable bonds is 3. The summed E-state index contributed by atoms with van der Waals surface area (Å²) in [5.74, 6) is 0.864. The Balaban J connectivity index is 2.00. The zero-order valence-electron chi connectivity index (χ0n) is 13.4. The van der Waals surface area contributed by atoms with E-state index in [9.17, 15) is 8.42 Å². The summed E-state index contributed by atoms with van der Waals surface area (Å²) >= 11 is 0. The van der Waals surface area contributed by atoms with Gasteiger partial charge in [0.1, 0.15) is 10.6 Å². The monoisotopic (exact) mass is 324 g/mol. The van der Waals surface area contributed by atoms with Gasteiger partial charge in [-0.15, -0.1) is 0 Å². The molecule has 5 nitrogen and oxygen atoms in total. The van der Waals surface area contributed by atoms with Crippen LogP contribution in [0.25, 0.3) is 0 Å². The summed E-state index contributed by atoms with van der Waals surface area (Å²) in [6, 6.07) is 5.36. The molecule has 0 saturated carbocycles. The van der Waals surface area contributed by atoms with Gasteiger partial charge in [-0.1, -0.05) is 6.07 Å². The standard InChI is InChI=1S/C16H24N2O3S/c1-12-4-7-16(15(8-12)21-3)22(19,20)18-10-13-5-6-14(18)11-17(2)9-13/h4,7-8,13-14H,5-6,9-11H2,1-3H3/t13-,14+/m0/s1. The van der Waals surface area contributed by atoms with Crippen LogP contribution in [0.4, 0.5) is 0 Å². The first-order valence-corrected chi connectivity index (χ1v) is 9.21. The van der Waals surface area contributed by atoms with Crippen LogP contribution in [0.2, 0.25) is 0 Å². The quantitative estimate of drug-likeness (QED) is 0.849. The van der Waals surface area contributed by atoms with Crippen LogP contribution in [0.15, 0.2) is 23.1 Å². The smallest absolute Gasteiger partial charge is 0.247 e. The van der Waals surface area contributed by atoms with Gasteiger partial charge in [-0.3, -0.25) is 0 Å². The van der Waals surface area contributed by atoms with Crippen molar-refractivity contribution in [3.63, 3.8) is 0 Å². The molecule has 1 aromatic carbocycles. The number of hydrogen-bond acceptors (Lipinski definition) is 4. The van der Waals surface area contributed by atoms with Crippen LogP contribution in [0.5, 0.6) is 5.75 Å². The number of hydrogen-bond donors (Lipinski definition) is 0. The van der Waals surface area contributed by atoms with Crippen molar-refractivity contribution in [3.05, 3.63) is 23.8 Å². The second-order valence-electron chi connectivity index (χ2n) is 6.55. The van der Waals surface area contributed by atoms with Crippen molar-refractivity contribution < 1.29 is 13.2 Å². The van der Waals surface area contributed by atoms with Gasteiger partial charge in [0.2, 0.25) is 10.0 Å². The topological polar surface area (TPSA) is 49.9 Å². The lowest BCUT2D eigenvalue weighted by Gasteiger charge is -2.35. The van der Waals surface area contributed by atoms with Crippen molar-refractivity contribution in [2.75, 3.05) is 33.8 Å². The minimum absolute atomic E-state index is 0.0692. The van der Waals surface area contributed by atoms with E-state index in [4.69, 9.17) is 4.74 Å². The van der Waals surface area contributed by atoms with E-state index >= 15 is 0 Å². The highest BCUT2D eigenvalue weighted by atomic mass is 32.2. The highest BCUT2D eigenvalue weighted by Crippen LogP contribution is 2.35. The Labute approximate surface area is 132 Å². The molecule has 2 atom stereocenters. The summed E-state index contributed by atoms with van der Waals surface area (Å²) in [5, 5.41) is 0. The molecular formula is C16H24N2O3S. The average Bonchev–Trinajstić information content (AvgIpc) is 2.75. The van der Waals surface area contributed by atoms with E-state index in [1.807, 2.05) is 13.0 Å². The van der Waals surface area contributed by atoms with E-state index in [1.54, 1.807) is 16.4 Å². The molecular weight excluding hydrogens is 300 g/mol. The van der Waals surface area contributed by atoms with E-state index in [0.29, 0.717) is 18.2 Å². The zero-order valence-corrected chi connectivity index (χ0v) is 14.3. The van der Waals surface area contributed by atoms with Gasteiger partial charge in [-0.2, -0.15) is 4.31 Å². The third kappa shape index (κ3) is 2.75. The van der Waals surface area contributed by atoms with Gasteiger partial charge in [0.25, 0.3) is 0 Å². The molecule has 0 radical (unpaired) electrons. The van der Waals surface area contributed by atoms with E-state index in [1.165, 1.54) is 7.11 Å². The number of piperidine rings is 1. The third-order valence-corrected chi connectivity index (χ3v) is 6.71. The Morgan fingerprint density at radius 1 is 1.18 bits per heavy atom.